The molecule has 56 heteroatoms. The van der Waals surface area contributed by atoms with E-state index >= 15 is 0 Å². The van der Waals surface area contributed by atoms with Gasteiger partial charge in [0.15, 0.2) is 11.6 Å². The summed E-state index contributed by atoms with van der Waals surface area (Å²) in [5.74, 6) is -9.00. The van der Waals surface area contributed by atoms with Gasteiger partial charge in [-0.1, -0.05) is 29.0 Å². The molecule has 0 aliphatic heterocycles. The second kappa shape index (κ2) is 51.7. The number of Topliss-reactive ketones (excluding diaryl/α,β-unsaturated/α-hetero) is 2. The molecular formula is C68H45N8Na11O30S7. The van der Waals surface area contributed by atoms with E-state index in [0.29, 0.717) is 24.3 Å². The Morgan fingerprint density at radius 3 is 1.15 bits per heavy atom. The predicted molar refractivity (Wildman–Crippen MR) is 383 cm³/mol. The maximum absolute atomic E-state index is 14.2. The summed E-state index contributed by atoms with van der Waals surface area (Å²) in [6.45, 7) is -0.722. The molecule has 590 valence electrons. The largest absolute Gasteiger partial charge is 1.00 e. The van der Waals surface area contributed by atoms with E-state index in [0.717, 1.165) is 97.1 Å². The summed E-state index contributed by atoms with van der Waals surface area (Å²) in [6.07, 6.45) is -3.40. The topological polar surface area (TPSA) is 650 Å². The molecule has 10 rings (SSSR count). The summed E-state index contributed by atoms with van der Waals surface area (Å²) in [4.78, 5) is 118. The predicted octanol–water partition coefficient (Wildman–Crippen LogP) is -29.2. The minimum absolute atomic E-state index is 0. The fourth-order valence-electron chi connectivity index (χ4n) is 11.4. The van der Waals surface area contributed by atoms with Crippen LogP contribution in [0.4, 0.5) is 38.9 Å². The number of nitrogens with one attached hydrogen (secondary N) is 8. The van der Waals surface area contributed by atoms with E-state index in [-0.39, 0.29) is 353 Å². The summed E-state index contributed by atoms with van der Waals surface area (Å²) in [7, 11) is -37.8. The molecule has 38 nitrogen and oxygen atoms in total. The maximum Gasteiger partial charge on any atom is 1.00 e. The van der Waals surface area contributed by atoms with Gasteiger partial charge in [0, 0.05) is 102 Å². The third-order valence-corrected chi connectivity index (χ3v) is 22.3. The van der Waals surface area contributed by atoms with Crippen LogP contribution in [-0.4, -0.2) is 157 Å². The van der Waals surface area contributed by atoms with Crippen molar-refractivity contribution in [3.8, 4) is 0 Å². The summed E-state index contributed by atoms with van der Waals surface area (Å²) in [5, 5.41) is 14.1. The molecule has 8 amide bonds. The van der Waals surface area contributed by atoms with Gasteiger partial charge in [-0.2, -0.15) is 18.2 Å². The Balaban J connectivity index is 0. The van der Waals surface area contributed by atoms with E-state index in [9.17, 15) is 134 Å². The number of aryl methyl sites for hydroxylation is 1. The van der Waals surface area contributed by atoms with Crippen LogP contribution in [0.1, 0.15) is 72.7 Å². The molecule has 0 fully saturated rings. The van der Waals surface area contributed by atoms with Crippen molar-refractivity contribution in [1.29, 1.82) is 0 Å². The standard InChI is InChI=1S/C68H52N8O30S7.11Na/c1-34-22-46-55(110(95,96)97)19-14-50(65(46)57(23-34)112(101,102)103)75-60(80)21-16-52(78)37-25-39(67(84)70-33-62(82)76-48-10-4-6-35-30-42(107(86,87)88)31-58(63(35)48)113(104,105)106)29-41(27-37)72-68(85)71-40-26-36(24-38(28-40)66(83)69-32-61(81)73-47-12-17-53(108(89,90)91)44-8-3-2-7-43(44)47)51(77)15-20-59(79)74-49-13-18-54(109(92,93)94)45-9-5-11-56(64(45)49)111(98,99)100;;;;;;;;;;;/h2,4,8-14,17-19,22-31H,15-16,20-21,32-33H2,1H3,(H,69,83)(H,70,84)(H,73,81)(H,74,79)(H,75,80)(H,76,82)(H2,71,72,85)(H,86,87,88)(H,89,90,91)(H,92,93,94)(H,95,96,97)(H,98,99,100)(H,101,102,103)(H,104,105,106);;;;;;;;;;;/q-4;11*+1/p-7. The number of urea groups is 1. The Morgan fingerprint density at radius 1 is 0.331 bits per heavy atom. The van der Waals surface area contributed by atoms with Gasteiger partial charge in [0.05, 0.1) is 33.0 Å². The number of anilines is 6. The number of amides is 8. The van der Waals surface area contributed by atoms with Crippen molar-refractivity contribution in [3.63, 3.8) is 0 Å². The number of hydrogen-bond acceptors (Lipinski definition) is 30. The molecule has 0 aliphatic rings. The van der Waals surface area contributed by atoms with Crippen LogP contribution in [0.2, 0.25) is 0 Å². The second-order valence-electron chi connectivity index (χ2n) is 24.0. The third kappa shape index (κ3) is 32.7. The van der Waals surface area contributed by atoms with Gasteiger partial charge in [0.1, 0.15) is 60.7 Å². The third-order valence-electron chi connectivity index (χ3n) is 16.2. The molecule has 0 radical (unpaired) electrons. The average Bonchev–Trinajstić information content (AvgIpc) is 0.740. The van der Waals surface area contributed by atoms with Gasteiger partial charge in [0.25, 0.3) is 11.8 Å². The van der Waals surface area contributed by atoms with E-state index in [4.69, 9.17) is 0 Å². The summed E-state index contributed by atoms with van der Waals surface area (Å²) >= 11 is 0. The van der Waals surface area contributed by atoms with Gasteiger partial charge in [-0.05, 0) is 101 Å². The van der Waals surface area contributed by atoms with Crippen LogP contribution < -0.4 is 368 Å². The number of hydrogen-bond donors (Lipinski definition) is 8. The van der Waals surface area contributed by atoms with Crippen LogP contribution in [0.5, 0.6) is 0 Å². The summed E-state index contributed by atoms with van der Waals surface area (Å²) < 4.78 is 256. The number of benzene rings is 10. The van der Waals surface area contributed by atoms with Gasteiger partial charge >= 0.3 is 331 Å². The SMILES string of the molecule is Cc1cc(S(=O)(=O)[O-])c2c(NC(=O)CCC(=O)c3cc(NC(=O)Nc4cc(C(=O)CCC(=O)Nc5ccc(S(=O)(=O)[O-])c6c[c-]cc(S(=O)(=O)[O-])c56)cc(C(=O)NCC(=O)Nc5ccc(S(=O)(=O)[O-])c6c[c-]c[c-]c56)c4)cc(C(=O)NCC(=O)Nc4cc[c-]c5cc(S(=O)(=O)[O-])cc(S(=O)(=O)[O-])c45)c3)ccc(S(=O)(=O)[O-])c2c1.[Na+].[Na+].[Na+].[Na+].[Na+].[Na+].[Na+].[Na+].[Na+].[Na+].[Na+]. The molecule has 0 heterocycles. The van der Waals surface area contributed by atoms with Crippen molar-refractivity contribution in [1.82, 2.24) is 10.6 Å². The number of rotatable bonds is 27. The van der Waals surface area contributed by atoms with Crippen molar-refractivity contribution < 1.29 is 459 Å². The van der Waals surface area contributed by atoms with Gasteiger partial charge in [0.2, 0.25) is 23.6 Å². The first-order valence-electron chi connectivity index (χ1n) is 31.3. The van der Waals surface area contributed by atoms with E-state index in [1.807, 2.05) is 0 Å². The summed E-state index contributed by atoms with van der Waals surface area (Å²) in [6, 6.07) is 27.4. The van der Waals surface area contributed by atoms with Crippen molar-refractivity contribution in [2.24, 2.45) is 0 Å². The minimum Gasteiger partial charge on any atom is -0.754 e. The molecule has 8 N–H and O–H groups in total. The van der Waals surface area contributed by atoms with Gasteiger partial charge < -0.3 is 92.6 Å². The smallest absolute Gasteiger partial charge is 0.754 e. The van der Waals surface area contributed by atoms with Crippen LogP contribution in [-0.2, 0) is 90.0 Å². The summed E-state index contributed by atoms with van der Waals surface area (Å²) in [5.41, 5.74) is -4.88. The average molecular weight is 1930 g/mol. The van der Waals surface area contributed by atoms with Gasteiger partial charge in [-0.25, -0.2) is 66.1 Å². The molecule has 0 aromatic heterocycles. The maximum atomic E-state index is 14.2. The monoisotopic (exact) mass is 1930 g/mol. The van der Waals surface area contributed by atoms with Crippen LogP contribution in [0.15, 0.2) is 168 Å². The van der Waals surface area contributed by atoms with Crippen LogP contribution in [0, 0.1) is 31.2 Å². The van der Waals surface area contributed by atoms with Crippen LogP contribution in [0.3, 0.4) is 0 Å². The molecule has 0 aliphatic carbocycles. The van der Waals surface area contributed by atoms with Crippen molar-refractivity contribution in [2.45, 2.75) is 66.9 Å². The van der Waals surface area contributed by atoms with Crippen molar-refractivity contribution >= 4 is 201 Å². The van der Waals surface area contributed by atoms with Gasteiger partial charge in [-0.3, -0.25) is 52.8 Å². The fraction of sp³-hybridized carbons (Fsp3) is 0.103. The zero-order valence-electron chi connectivity index (χ0n) is 67.5. The number of carbonyl (C=O) groups excluding carboxylic acids is 9. The quantitative estimate of drug-likeness (QED) is 0.0103. The van der Waals surface area contributed by atoms with E-state index in [1.54, 1.807) is 0 Å². The van der Waals surface area contributed by atoms with Crippen molar-refractivity contribution in [2.75, 3.05) is 45.0 Å². The Morgan fingerprint density at radius 2 is 0.710 bits per heavy atom. The number of carbonyl (C=O) groups is 9. The first-order chi connectivity index (χ1) is 52.5. The van der Waals surface area contributed by atoms with E-state index < -0.39 is 280 Å². The zero-order chi connectivity index (χ0) is 83.0. The van der Waals surface area contributed by atoms with Crippen LogP contribution in [0.25, 0.3) is 43.1 Å². The molecular weight excluding hydrogens is 1890 g/mol. The number of ketones is 2. The molecule has 10 aromatic carbocycles. The van der Waals surface area contributed by atoms with Crippen LogP contribution >= 0.6 is 0 Å². The molecule has 0 bridgehead atoms. The zero-order valence-corrected chi connectivity index (χ0v) is 95.3. The van der Waals surface area contributed by atoms with Crippen molar-refractivity contribution in [3.05, 3.63) is 186 Å². The van der Waals surface area contributed by atoms with Gasteiger partial charge in [-0.15, -0.1) is 35.0 Å². The van der Waals surface area contributed by atoms with E-state index in [2.05, 4.69) is 66.8 Å². The Bertz CT molecular complexity index is 6760. The first-order valence-corrected chi connectivity index (χ1v) is 41.2. The normalized spacial score (nSPS) is 11.1. The molecule has 10 aromatic rings. The first kappa shape index (κ1) is 125. The molecule has 0 saturated carbocycles. The second-order valence-corrected chi connectivity index (χ2v) is 33.5. The van der Waals surface area contributed by atoms with E-state index in [1.165, 1.54) is 13.0 Å². The Labute approximate surface area is 951 Å². The molecule has 0 spiro atoms. The number of fused-ring (bicyclic) bond motifs is 4. The molecule has 124 heavy (non-hydrogen) atoms. The molecule has 0 saturated heterocycles. The fourth-order valence-corrected chi connectivity index (χ4v) is 16.2. The Hall–Kier alpha value is -0.960. The Kier molecular flexibility index (Phi) is 52.1. The molecule has 0 atom stereocenters. The molecule has 0 unspecified atom stereocenters. The minimum atomic E-state index is -5.62.